The Bertz CT molecular complexity index is 285. The average Bonchev–Trinajstić information content (AvgIpc) is 2.15. The normalized spacial score (nSPS) is 12.5. The van der Waals surface area contributed by atoms with Gasteiger partial charge in [-0.3, -0.25) is 4.98 Å². The first kappa shape index (κ1) is 9.73. The molecule has 1 unspecified atom stereocenters. The van der Waals surface area contributed by atoms with Crippen LogP contribution < -0.4 is 0 Å². The van der Waals surface area contributed by atoms with Crippen molar-refractivity contribution < 1.29 is 0 Å². The minimum atomic E-state index is -0.0544. The molecular weight excluding hydrogens is 160 g/mol. The second kappa shape index (κ2) is 4.61. The third-order valence-electron chi connectivity index (χ3n) is 1.91. The van der Waals surface area contributed by atoms with E-state index in [-0.39, 0.29) is 5.92 Å². The summed E-state index contributed by atoms with van der Waals surface area (Å²) in [5, 5.41) is 8.94. The van der Waals surface area contributed by atoms with Crippen molar-refractivity contribution in [2.45, 2.75) is 26.2 Å². The lowest BCUT2D eigenvalue weighted by molar-refractivity contribution is 0.548. The van der Waals surface area contributed by atoms with E-state index in [1.807, 2.05) is 18.2 Å². The molecule has 0 aromatic carbocycles. The van der Waals surface area contributed by atoms with Gasteiger partial charge in [0, 0.05) is 6.20 Å². The highest BCUT2D eigenvalue weighted by Crippen LogP contribution is 2.20. The zero-order chi connectivity index (χ0) is 9.68. The molecule has 1 aromatic rings. The minimum Gasteiger partial charge on any atom is -0.260 e. The maximum Gasteiger partial charge on any atom is 0.0887 e. The molecule has 0 fully saturated rings. The quantitative estimate of drug-likeness (QED) is 0.706. The summed E-state index contributed by atoms with van der Waals surface area (Å²) < 4.78 is 0. The standard InChI is InChI=1S/C11H14N2/c1-9(2)7-10(8-12)11-5-3-4-6-13-11/h3-6,9-10H,7H2,1-2H3. The molecule has 1 aromatic heterocycles. The number of rotatable bonds is 3. The molecule has 0 saturated carbocycles. The summed E-state index contributed by atoms with van der Waals surface area (Å²) in [6.07, 6.45) is 2.62. The van der Waals surface area contributed by atoms with Gasteiger partial charge in [0.05, 0.1) is 17.7 Å². The van der Waals surface area contributed by atoms with Gasteiger partial charge in [0.15, 0.2) is 0 Å². The van der Waals surface area contributed by atoms with Gasteiger partial charge in [-0.15, -0.1) is 0 Å². The second-order valence-corrected chi connectivity index (χ2v) is 3.57. The Kier molecular flexibility index (Phi) is 3.45. The van der Waals surface area contributed by atoms with Crippen LogP contribution in [-0.2, 0) is 0 Å². The summed E-state index contributed by atoms with van der Waals surface area (Å²) in [7, 11) is 0. The van der Waals surface area contributed by atoms with E-state index in [2.05, 4.69) is 24.9 Å². The average molecular weight is 174 g/mol. The fourth-order valence-corrected chi connectivity index (χ4v) is 1.29. The Morgan fingerprint density at radius 2 is 2.23 bits per heavy atom. The fourth-order valence-electron chi connectivity index (χ4n) is 1.29. The molecule has 0 spiro atoms. The molecule has 0 saturated heterocycles. The van der Waals surface area contributed by atoms with Crippen LogP contribution in [0, 0.1) is 17.2 Å². The highest BCUT2D eigenvalue weighted by Gasteiger charge is 2.12. The lowest BCUT2D eigenvalue weighted by atomic mass is 9.95. The van der Waals surface area contributed by atoms with Crippen molar-refractivity contribution in [1.29, 1.82) is 5.26 Å². The van der Waals surface area contributed by atoms with Gasteiger partial charge in [0.1, 0.15) is 0 Å². The van der Waals surface area contributed by atoms with Crippen LogP contribution in [0.3, 0.4) is 0 Å². The lowest BCUT2D eigenvalue weighted by Crippen LogP contribution is -2.02. The van der Waals surface area contributed by atoms with Crippen molar-refractivity contribution >= 4 is 0 Å². The first-order valence-corrected chi connectivity index (χ1v) is 4.54. The van der Waals surface area contributed by atoms with Gasteiger partial charge in [0.25, 0.3) is 0 Å². The molecule has 0 bridgehead atoms. The predicted octanol–water partition coefficient (Wildman–Crippen LogP) is 2.73. The van der Waals surface area contributed by atoms with Gasteiger partial charge in [-0.25, -0.2) is 0 Å². The molecule has 0 radical (unpaired) electrons. The fraction of sp³-hybridized carbons (Fsp3) is 0.455. The molecule has 1 rings (SSSR count). The van der Waals surface area contributed by atoms with Crippen LogP contribution in [0.1, 0.15) is 31.9 Å². The highest BCUT2D eigenvalue weighted by molar-refractivity contribution is 5.16. The number of nitriles is 1. The molecule has 1 atom stereocenters. The highest BCUT2D eigenvalue weighted by atomic mass is 14.7. The van der Waals surface area contributed by atoms with Gasteiger partial charge in [0.2, 0.25) is 0 Å². The molecule has 13 heavy (non-hydrogen) atoms. The maximum absolute atomic E-state index is 8.94. The second-order valence-electron chi connectivity index (χ2n) is 3.57. The monoisotopic (exact) mass is 174 g/mol. The topological polar surface area (TPSA) is 36.7 Å². The summed E-state index contributed by atoms with van der Waals surface area (Å²) >= 11 is 0. The number of pyridine rings is 1. The van der Waals surface area contributed by atoms with Gasteiger partial charge < -0.3 is 0 Å². The molecule has 0 aliphatic carbocycles. The van der Waals surface area contributed by atoms with E-state index < -0.39 is 0 Å². The largest absolute Gasteiger partial charge is 0.260 e. The van der Waals surface area contributed by atoms with E-state index in [1.165, 1.54) is 0 Å². The van der Waals surface area contributed by atoms with E-state index in [0.29, 0.717) is 5.92 Å². The first-order valence-electron chi connectivity index (χ1n) is 4.54. The van der Waals surface area contributed by atoms with Crippen LogP contribution in [0.15, 0.2) is 24.4 Å². The third-order valence-corrected chi connectivity index (χ3v) is 1.91. The van der Waals surface area contributed by atoms with Crippen LogP contribution in [0.4, 0.5) is 0 Å². The molecule has 0 aliphatic heterocycles. The number of nitrogens with zero attached hydrogens (tertiary/aromatic N) is 2. The van der Waals surface area contributed by atoms with E-state index in [4.69, 9.17) is 5.26 Å². The van der Waals surface area contributed by atoms with Crippen LogP contribution in [-0.4, -0.2) is 4.98 Å². The predicted molar refractivity (Wildman–Crippen MR) is 52.0 cm³/mol. The third kappa shape index (κ3) is 2.87. The Hall–Kier alpha value is -1.36. The van der Waals surface area contributed by atoms with Crippen molar-refractivity contribution in [2.24, 2.45) is 5.92 Å². The minimum absolute atomic E-state index is 0.0544. The maximum atomic E-state index is 8.94. The summed E-state index contributed by atoms with van der Waals surface area (Å²) in [6, 6.07) is 7.99. The van der Waals surface area contributed by atoms with Gasteiger partial charge >= 0.3 is 0 Å². The van der Waals surface area contributed by atoms with Gasteiger partial charge in [-0.2, -0.15) is 5.26 Å². The molecule has 2 heteroatoms. The van der Waals surface area contributed by atoms with E-state index >= 15 is 0 Å². The Labute approximate surface area is 79.2 Å². The summed E-state index contributed by atoms with van der Waals surface area (Å²) in [4.78, 5) is 4.18. The molecule has 0 amide bonds. The van der Waals surface area contributed by atoms with Crippen LogP contribution >= 0.6 is 0 Å². The van der Waals surface area contributed by atoms with Crippen LogP contribution in [0.5, 0.6) is 0 Å². The first-order chi connectivity index (χ1) is 6.24. The molecule has 0 N–H and O–H groups in total. The molecule has 68 valence electrons. The van der Waals surface area contributed by atoms with Gasteiger partial charge in [-0.1, -0.05) is 19.9 Å². The molecule has 1 heterocycles. The van der Waals surface area contributed by atoms with Crippen molar-refractivity contribution in [2.75, 3.05) is 0 Å². The van der Waals surface area contributed by atoms with E-state index in [9.17, 15) is 0 Å². The summed E-state index contributed by atoms with van der Waals surface area (Å²) in [6.45, 7) is 4.24. The van der Waals surface area contributed by atoms with Crippen molar-refractivity contribution in [1.82, 2.24) is 4.98 Å². The summed E-state index contributed by atoms with van der Waals surface area (Å²) in [5.74, 6) is 0.479. The Morgan fingerprint density at radius 1 is 1.46 bits per heavy atom. The number of hydrogen-bond donors (Lipinski definition) is 0. The number of aromatic nitrogens is 1. The van der Waals surface area contributed by atoms with Crippen LogP contribution in [0.2, 0.25) is 0 Å². The van der Waals surface area contributed by atoms with Gasteiger partial charge in [-0.05, 0) is 24.5 Å². The lowest BCUT2D eigenvalue weighted by Gasteiger charge is -2.10. The van der Waals surface area contributed by atoms with E-state index in [1.54, 1.807) is 6.20 Å². The zero-order valence-corrected chi connectivity index (χ0v) is 8.07. The van der Waals surface area contributed by atoms with E-state index in [0.717, 1.165) is 12.1 Å². The van der Waals surface area contributed by atoms with Crippen molar-refractivity contribution in [3.63, 3.8) is 0 Å². The smallest absolute Gasteiger partial charge is 0.0887 e. The summed E-state index contributed by atoms with van der Waals surface area (Å²) in [5.41, 5.74) is 0.888. The Balaban J connectivity index is 2.75. The van der Waals surface area contributed by atoms with Crippen LogP contribution in [0.25, 0.3) is 0 Å². The SMILES string of the molecule is CC(C)CC(C#N)c1ccccn1. The zero-order valence-electron chi connectivity index (χ0n) is 8.07. The van der Waals surface area contributed by atoms with Crippen molar-refractivity contribution in [3.8, 4) is 6.07 Å². The molecule has 0 aliphatic rings. The Morgan fingerprint density at radius 3 is 2.69 bits per heavy atom. The molecule has 2 nitrogen and oxygen atoms in total. The number of hydrogen-bond acceptors (Lipinski definition) is 2. The van der Waals surface area contributed by atoms with Crippen molar-refractivity contribution in [3.05, 3.63) is 30.1 Å². The molecular formula is C11H14N2.